The van der Waals surface area contributed by atoms with Gasteiger partial charge in [-0.1, -0.05) is 120 Å². The lowest BCUT2D eigenvalue weighted by Crippen LogP contribution is -2.59. The number of hydrogen-bond acceptors (Lipinski definition) is 7. The number of nitrogens with one attached hydrogen (secondary N) is 2. The van der Waals surface area contributed by atoms with Crippen molar-refractivity contribution in [3.05, 3.63) is 142 Å². The molecule has 7 rings (SSSR count). The van der Waals surface area contributed by atoms with Crippen LogP contribution in [0.4, 0.5) is 4.39 Å². The first kappa shape index (κ1) is 48.0. The Morgan fingerprint density at radius 1 is 0.742 bits per heavy atom. The van der Waals surface area contributed by atoms with Gasteiger partial charge in [-0.2, -0.15) is 0 Å². The second-order valence-electron chi connectivity index (χ2n) is 20.6. The van der Waals surface area contributed by atoms with E-state index in [1.165, 1.54) is 16.5 Å². The zero-order chi connectivity index (χ0) is 47.7. The summed E-state index contributed by atoms with van der Waals surface area (Å²) >= 11 is 0. The summed E-state index contributed by atoms with van der Waals surface area (Å²) < 4.78 is 15.5. The second kappa shape index (κ2) is 19.5. The standard InChI is InChI=1S/C53H66FN7O5/c1-32(39-19-12-13-21-41(39)54)59(49(64)44-27-36-16-8-9-17-37(36)30-60(44)50(65)45(55)52(2,3)4)29-33-23-25-35(26-24-33)47(62)57-38-28-43(61(31-38)51(66)46(56)53(5,6)7)48(63)58-42-22-14-18-34-15-10-11-20-40(34)42/h8-13,15-17,19-21,23-26,32,38,42-46H,14,18,22,27-31,55-56H2,1-7H3,(H,57,62)(H,58,63)/t32-,38+,42-,43+,44?,45?,46?/m1/s1. The number of nitrogens with zero attached hydrogens (tertiary/aromatic N) is 3. The van der Waals surface area contributed by atoms with Gasteiger partial charge in [0.15, 0.2) is 0 Å². The van der Waals surface area contributed by atoms with Crippen LogP contribution in [0.2, 0.25) is 0 Å². The van der Waals surface area contributed by atoms with Gasteiger partial charge in [0.25, 0.3) is 5.91 Å². The third-order valence-electron chi connectivity index (χ3n) is 13.8. The number of nitrogens with two attached hydrogens (primary N) is 2. The fourth-order valence-electron chi connectivity index (χ4n) is 9.48. The summed E-state index contributed by atoms with van der Waals surface area (Å²) in [6.45, 7) is 13.5. The van der Waals surface area contributed by atoms with E-state index < -0.39 is 52.9 Å². The number of aryl methyl sites for hydroxylation is 1. The summed E-state index contributed by atoms with van der Waals surface area (Å²) in [6, 6.07) is 24.1. The minimum atomic E-state index is -0.903. The van der Waals surface area contributed by atoms with Crippen LogP contribution < -0.4 is 22.1 Å². The first-order valence-electron chi connectivity index (χ1n) is 23.2. The van der Waals surface area contributed by atoms with Crippen LogP contribution in [0.25, 0.3) is 0 Å². The average molecular weight is 900 g/mol. The molecule has 0 radical (unpaired) electrons. The molecule has 0 saturated carbocycles. The number of carbonyl (C=O) groups excluding carboxylic acids is 5. The molecule has 350 valence electrons. The normalized spacial score (nSPS) is 20.9. The molecule has 1 fully saturated rings. The van der Waals surface area contributed by atoms with Gasteiger partial charge in [0.1, 0.15) is 17.9 Å². The Balaban J connectivity index is 1.11. The Labute approximate surface area is 388 Å². The van der Waals surface area contributed by atoms with Crippen molar-refractivity contribution in [3.63, 3.8) is 0 Å². The summed E-state index contributed by atoms with van der Waals surface area (Å²) in [6.07, 6.45) is 3.14. The van der Waals surface area contributed by atoms with Crippen LogP contribution in [-0.4, -0.2) is 81.0 Å². The molecule has 1 aliphatic carbocycles. The molecule has 66 heavy (non-hydrogen) atoms. The molecule has 3 aliphatic rings. The van der Waals surface area contributed by atoms with Crippen LogP contribution in [0.1, 0.15) is 124 Å². The number of benzene rings is 4. The Bertz CT molecular complexity index is 2440. The van der Waals surface area contributed by atoms with E-state index in [4.69, 9.17) is 11.5 Å². The third kappa shape index (κ3) is 10.4. The van der Waals surface area contributed by atoms with Crippen molar-refractivity contribution in [1.29, 1.82) is 0 Å². The summed E-state index contributed by atoms with van der Waals surface area (Å²) in [5, 5.41) is 6.28. The molecule has 12 nitrogen and oxygen atoms in total. The van der Waals surface area contributed by atoms with E-state index in [0.29, 0.717) is 16.7 Å². The van der Waals surface area contributed by atoms with Crippen molar-refractivity contribution in [2.24, 2.45) is 22.3 Å². The number of hydrogen-bond donors (Lipinski definition) is 4. The summed E-state index contributed by atoms with van der Waals surface area (Å²) in [7, 11) is 0. The molecule has 2 heterocycles. The fourth-order valence-corrected chi connectivity index (χ4v) is 9.48. The lowest BCUT2D eigenvalue weighted by atomic mass is 9.84. The van der Waals surface area contributed by atoms with Gasteiger partial charge in [0, 0.05) is 43.2 Å². The zero-order valence-electron chi connectivity index (χ0n) is 39.4. The molecule has 2 aliphatic heterocycles. The summed E-state index contributed by atoms with van der Waals surface area (Å²) in [4.78, 5) is 75.8. The lowest BCUT2D eigenvalue weighted by molar-refractivity contribution is -0.151. The maximum absolute atomic E-state index is 15.5. The monoisotopic (exact) mass is 900 g/mol. The average Bonchev–Trinajstić information content (AvgIpc) is 3.72. The maximum Gasteiger partial charge on any atom is 0.251 e. The number of fused-ring (bicyclic) bond motifs is 2. The maximum atomic E-state index is 15.5. The van der Waals surface area contributed by atoms with E-state index in [1.807, 2.05) is 84.0 Å². The van der Waals surface area contributed by atoms with E-state index in [1.54, 1.807) is 59.2 Å². The summed E-state index contributed by atoms with van der Waals surface area (Å²) in [5.74, 6) is -2.17. The van der Waals surface area contributed by atoms with E-state index in [2.05, 4.69) is 16.7 Å². The largest absolute Gasteiger partial charge is 0.347 e. The molecule has 0 spiro atoms. The Morgan fingerprint density at radius 3 is 1.98 bits per heavy atom. The van der Waals surface area contributed by atoms with Gasteiger partial charge in [0.05, 0.1) is 24.2 Å². The van der Waals surface area contributed by atoms with Crippen LogP contribution >= 0.6 is 0 Å². The SMILES string of the molecule is C[C@H](c1ccccc1F)N(Cc1ccc(C(=O)N[C@H]2C[C@@H](C(=O)N[C@@H]3CCCc4ccccc43)N(C(=O)C(N)C(C)(C)C)C2)cc1)C(=O)C1Cc2ccccc2CN1C(=O)C(N)C(C)(C)C. The highest BCUT2D eigenvalue weighted by Gasteiger charge is 2.45. The van der Waals surface area contributed by atoms with E-state index in [9.17, 15) is 19.2 Å². The van der Waals surface area contributed by atoms with Crippen molar-refractivity contribution >= 4 is 29.5 Å². The van der Waals surface area contributed by atoms with Gasteiger partial charge in [-0.25, -0.2) is 4.39 Å². The van der Waals surface area contributed by atoms with E-state index in [0.717, 1.165) is 36.0 Å². The molecule has 5 amide bonds. The molecule has 6 N–H and O–H groups in total. The van der Waals surface area contributed by atoms with Gasteiger partial charge >= 0.3 is 0 Å². The van der Waals surface area contributed by atoms with Crippen molar-refractivity contribution in [2.45, 2.75) is 136 Å². The number of likely N-dealkylation sites (tertiary alicyclic amines) is 1. The Morgan fingerprint density at radius 2 is 1.33 bits per heavy atom. The van der Waals surface area contributed by atoms with Crippen molar-refractivity contribution < 1.29 is 28.4 Å². The number of amides is 5. The first-order valence-corrected chi connectivity index (χ1v) is 23.2. The fraction of sp³-hybridized carbons (Fsp3) is 0.453. The van der Waals surface area contributed by atoms with Crippen molar-refractivity contribution in [2.75, 3.05) is 6.54 Å². The molecule has 4 aromatic carbocycles. The second-order valence-corrected chi connectivity index (χ2v) is 20.6. The molecular weight excluding hydrogens is 834 g/mol. The van der Waals surface area contributed by atoms with Gasteiger partial charge in [0.2, 0.25) is 23.6 Å². The van der Waals surface area contributed by atoms with Gasteiger partial charge < -0.3 is 36.8 Å². The number of carbonyl (C=O) groups is 5. The number of rotatable bonds is 11. The van der Waals surface area contributed by atoms with Crippen LogP contribution in [0.15, 0.2) is 97.1 Å². The van der Waals surface area contributed by atoms with Crippen LogP contribution in [0, 0.1) is 16.6 Å². The smallest absolute Gasteiger partial charge is 0.251 e. The predicted molar refractivity (Wildman–Crippen MR) is 253 cm³/mol. The molecule has 0 aromatic heterocycles. The van der Waals surface area contributed by atoms with Crippen molar-refractivity contribution in [1.82, 2.24) is 25.3 Å². The highest BCUT2D eigenvalue weighted by molar-refractivity contribution is 5.95. The molecule has 0 bridgehead atoms. The van der Waals surface area contributed by atoms with Crippen LogP contribution in [0.3, 0.4) is 0 Å². The predicted octanol–water partition coefficient (Wildman–Crippen LogP) is 6.51. The molecule has 7 atom stereocenters. The lowest BCUT2D eigenvalue weighted by Gasteiger charge is -2.42. The molecule has 3 unspecified atom stereocenters. The van der Waals surface area contributed by atoms with E-state index >= 15 is 9.18 Å². The number of halogens is 1. The Kier molecular flexibility index (Phi) is 14.2. The third-order valence-corrected chi connectivity index (χ3v) is 13.8. The molecule has 1 saturated heterocycles. The van der Waals surface area contributed by atoms with Gasteiger partial charge in [-0.3, -0.25) is 24.0 Å². The minimum Gasteiger partial charge on any atom is -0.347 e. The highest BCUT2D eigenvalue weighted by atomic mass is 19.1. The molecule has 13 heteroatoms. The first-order chi connectivity index (χ1) is 31.2. The van der Waals surface area contributed by atoms with E-state index in [-0.39, 0.29) is 68.1 Å². The van der Waals surface area contributed by atoms with Gasteiger partial charge in [-0.05, 0) is 89.5 Å². The quantitative estimate of drug-likeness (QED) is 0.133. The highest BCUT2D eigenvalue weighted by Crippen LogP contribution is 2.34. The molecule has 4 aromatic rings. The topological polar surface area (TPSA) is 171 Å². The van der Waals surface area contributed by atoms with Crippen molar-refractivity contribution in [3.8, 4) is 0 Å². The van der Waals surface area contributed by atoms with Crippen LogP contribution in [0.5, 0.6) is 0 Å². The van der Waals surface area contributed by atoms with Gasteiger partial charge in [-0.15, -0.1) is 0 Å². The molecular formula is C53H66FN7O5. The Hall–Kier alpha value is -5.92. The van der Waals surface area contributed by atoms with Crippen LogP contribution in [-0.2, 0) is 45.1 Å². The summed E-state index contributed by atoms with van der Waals surface area (Å²) in [5.41, 5.74) is 17.4. The minimum absolute atomic E-state index is 0.0533. The zero-order valence-corrected chi connectivity index (χ0v) is 39.4.